The highest BCUT2D eigenvalue weighted by molar-refractivity contribution is 5.85. The van der Waals surface area contributed by atoms with Crippen LogP contribution >= 0.6 is 0 Å². The van der Waals surface area contributed by atoms with Crippen molar-refractivity contribution in [2.24, 2.45) is 0 Å². The van der Waals surface area contributed by atoms with Crippen LogP contribution in [0, 0.1) is 11.8 Å². The second-order valence-electron chi connectivity index (χ2n) is 7.93. The van der Waals surface area contributed by atoms with Crippen LogP contribution in [-0.2, 0) is 0 Å². The molecule has 1 aromatic carbocycles. The minimum atomic E-state index is 0.987. The van der Waals surface area contributed by atoms with Crippen LogP contribution in [0.1, 0.15) is 33.9 Å². The van der Waals surface area contributed by atoms with Crippen molar-refractivity contribution in [2.75, 3.05) is 0 Å². The summed E-state index contributed by atoms with van der Waals surface area (Å²) in [5.41, 5.74) is 10.7. The van der Waals surface area contributed by atoms with Crippen molar-refractivity contribution in [2.45, 2.75) is 0 Å². The lowest BCUT2D eigenvalue weighted by atomic mass is 9.90. The van der Waals surface area contributed by atoms with E-state index in [1.54, 1.807) is 0 Å². The topological polar surface area (TPSA) is 51.6 Å². The van der Waals surface area contributed by atoms with E-state index in [0.717, 1.165) is 68.0 Å². The van der Waals surface area contributed by atoms with Gasteiger partial charge in [-0.1, -0.05) is 48.5 Å². The number of aromatic nitrogens is 4. The SMILES string of the molecule is c1cnc2c(c1)-c1cccnc1[C]2c1ccc([C]2c3ncccc3-c3cccnc32)cc1. The van der Waals surface area contributed by atoms with Gasteiger partial charge in [0.25, 0.3) is 0 Å². The first-order valence-electron chi connectivity index (χ1n) is 10.6. The highest BCUT2D eigenvalue weighted by atomic mass is 14.8. The van der Waals surface area contributed by atoms with Crippen molar-refractivity contribution in [3.05, 3.63) is 143 Å². The molecule has 0 saturated heterocycles. The van der Waals surface area contributed by atoms with Gasteiger partial charge in [-0.2, -0.15) is 0 Å². The summed E-state index contributed by atoms with van der Waals surface area (Å²) in [6.45, 7) is 0. The van der Waals surface area contributed by atoms with Crippen LogP contribution in [0.25, 0.3) is 22.3 Å². The molecule has 2 radical (unpaired) electrons. The lowest BCUT2D eigenvalue weighted by molar-refractivity contribution is 1.09. The van der Waals surface area contributed by atoms with Crippen LogP contribution in [0.5, 0.6) is 0 Å². The number of hydrogen-bond acceptors (Lipinski definition) is 4. The number of fused-ring (bicyclic) bond motifs is 6. The summed E-state index contributed by atoms with van der Waals surface area (Å²) < 4.78 is 0. The Morgan fingerprint density at radius 1 is 0.344 bits per heavy atom. The van der Waals surface area contributed by atoms with Gasteiger partial charge in [0.2, 0.25) is 0 Å². The second-order valence-corrected chi connectivity index (χ2v) is 7.93. The van der Waals surface area contributed by atoms with Gasteiger partial charge < -0.3 is 0 Å². The Labute approximate surface area is 185 Å². The van der Waals surface area contributed by atoms with Crippen molar-refractivity contribution >= 4 is 0 Å². The molecule has 0 N–H and O–H groups in total. The Kier molecular flexibility index (Phi) is 3.64. The Morgan fingerprint density at radius 2 is 0.625 bits per heavy atom. The highest BCUT2D eigenvalue weighted by Gasteiger charge is 2.35. The van der Waals surface area contributed by atoms with Gasteiger partial charge >= 0.3 is 0 Å². The molecule has 148 valence electrons. The fraction of sp³-hybridized carbons (Fsp3) is 0. The molecule has 0 fully saturated rings. The number of rotatable bonds is 2. The molecule has 0 atom stereocenters. The number of hydrogen-bond donors (Lipinski definition) is 0. The molecule has 0 saturated carbocycles. The third kappa shape index (κ3) is 2.38. The smallest absolute Gasteiger partial charge is 0.102 e. The van der Waals surface area contributed by atoms with E-state index in [0.29, 0.717) is 0 Å². The van der Waals surface area contributed by atoms with E-state index in [4.69, 9.17) is 0 Å². The summed E-state index contributed by atoms with van der Waals surface area (Å²) >= 11 is 0. The van der Waals surface area contributed by atoms with Crippen LogP contribution < -0.4 is 0 Å². The molecule has 0 bridgehead atoms. The number of nitrogens with zero attached hydrogens (tertiary/aromatic N) is 4. The van der Waals surface area contributed by atoms with E-state index < -0.39 is 0 Å². The molecule has 0 spiro atoms. The molecule has 4 heteroatoms. The van der Waals surface area contributed by atoms with E-state index in [1.165, 1.54) is 0 Å². The maximum atomic E-state index is 4.69. The molecule has 5 aromatic rings. The van der Waals surface area contributed by atoms with Crippen LogP contribution in [0.3, 0.4) is 0 Å². The van der Waals surface area contributed by atoms with E-state index in [-0.39, 0.29) is 0 Å². The summed E-state index contributed by atoms with van der Waals surface area (Å²) in [6.07, 6.45) is 7.38. The van der Waals surface area contributed by atoms with Gasteiger partial charge in [0.15, 0.2) is 0 Å². The molecule has 0 aliphatic heterocycles. The van der Waals surface area contributed by atoms with Crippen LogP contribution in [0.2, 0.25) is 0 Å². The standard InChI is InChI=1S/C28H16N4/c1-5-19-20-6-2-14-30-26(20)23(25(19)29-13-1)17-9-11-18(12-10-17)24-27-21(7-3-15-31-27)22-8-4-16-32-28(22)24/h1-16H. The minimum Gasteiger partial charge on any atom is -0.259 e. The molecule has 0 unspecified atom stereocenters. The van der Waals surface area contributed by atoms with Gasteiger partial charge in [0, 0.05) is 47.0 Å². The van der Waals surface area contributed by atoms with Crippen LogP contribution in [0.15, 0.2) is 97.6 Å². The molecular weight excluding hydrogens is 392 g/mol. The maximum absolute atomic E-state index is 4.69. The maximum Gasteiger partial charge on any atom is 0.102 e. The molecule has 32 heavy (non-hydrogen) atoms. The molecule has 2 aliphatic carbocycles. The average molecular weight is 408 g/mol. The first-order valence-corrected chi connectivity index (χ1v) is 10.6. The summed E-state index contributed by atoms with van der Waals surface area (Å²) in [6, 6.07) is 25.0. The summed E-state index contributed by atoms with van der Waals surface area (Å²) in [4.78, 5) is 18.8. The third-order valence-electron chi connectivity index (χ3n) is 6.22. The van der Waals surface area contributed by atoms with Crippen molar-refractivity contribution in [3.63, 3.8) is 0 Å². The van der Waals surface area contributed by atoms with E-state index in [1.807, 2.05) is 49.1 Å². The second kappa shape index (κ2) is 6.66. The first kappa shape index (κ1) is 17.5. The Balaban J connectivity index is 1.34. The summed E-state index contributed by atoms with van der Waals surface area (Å²) in [5.74, 6) is 2.16. The number of benzene rings is 1. The van der Waals surface area contributed by atoms with Gasteiger partial charge in [-0.3, -0.25) is 19.9 Å². The monoisotopic (exact) mass is 408 g/mol. The predicted molar refractivity (Wildman–Crippen MR) is 122 cm³/mol. The van der Waals surface area contributed by atoms with Crippen molar-refractivity contribution in [1.82, 2.24) is 19.9 Å². The van der Waals surface area contributed by atoms with Crippen molar-refractivity contribution in [3.8, 4) is 22.3 Å². The van der Waals surface area contributed by atoms with Gasteiger partial charge in [0.1, 0.15) is 11.8 Å². The van der Waals surface area contributed by atoms with Gasteiger partial charge in [-0.25, -0.2) is 0 Å². The van der Waals surface area contributed by atoms with Crippen molar-refractivity contribution < 1.29 is 0 Å². The lowest BCUT2D eigenvalue weighted by Gasteiger charge is -2.15. The predicted octanol–water partition coefficient (Wildman–Crippen LogP) is 5.27. The highest BCUT2D eigenvalue weighted by Crippen LogP contribution is 2.47. The Morgan fingerprint density at radius 3 is 0.906 bits per heavy atom. The van der Waals surface area contributed by atoms with E-state index in [9.17, 15) is 0 Å². The molecule has 2 aliphatic rings. The zero-order valence-corrected chi connectivity index (χ0v) is 17.0. The van der Waals surface area contributed by atoms with Crippen LogP contribution in [-0.4, -0.2) is 19.9 Å². The Hall–Kier alpha value is -4.18. The normalized spacial score (nSPS) is 14.0. The lowest BCUT2D eigenvalue weighted by Crippen LogP contribution is -2.07. The van der Waals surface area contributed by atoms with E-state index >= 15 is 0 Å². The third-order valence-corrected chi connectivity index (χ3v) is 6.22. The quantitative estimate of drug-likeness (QED) is 0.391. The van der Waals surface area contributed by atoms with Gasteiger partial charge in [0.05, 0.1) is 22.8 Å². The Bertz CT molecular complexity index is 1280. The summed E-state index contributed by atoms with van der Waals surface area (Å²) in [7, 11) is 0. The largest absolute Gasteiger partial charge is 0.259 e. The fourth-order valence-corrected chi connectivity index (χ4v) is 4.86. The van der Waals surface area contributed by atoms with Crippen LogP contribution in [0.4, 0.5) is 0 Å². The minimum absolute atomic E-state index is 0.987. The van der Waals surface area contributed by atoms with Crippen molar-refractivity contribution in [1.29, 1.82) is 0 Å². The van der Waals surface area contributed by atoms with E-state index in [2.05, 4.69) is 68.5 Å². The average Bonchev–Trinajstić information content (AvgIpc) is 3.38. The molecule has 4 aromatic heterocycles. The molecule has 4 heterocycles. The van der Waals surface area contributed by atoms with Gasteiger partial charge in [-0.05, 0) is 35.4 Å². The molecular formula is C28H16N4. The van der Waals surface area contributed by atoms with Gasteiger partial charge in [-0.15, -0.1) is 0 Å². The zero-order chi connectivity index (χ0) is 21.1. The number of pyridine rings is 4. The molecule has 7 rings (SSSR count). The summed E-state index contributed by atoms with van der Waals surface area (Å²) in [5, 5.41) is 0. The zero-order valence-electron chi connectivity index (χ0n) is 17.0. The molecule has 4 nitrogen and oxygen atoms in total. The first-order chi connectivity index (χ1) is 15.9. The molecule has 0 amide bonds. The fourth-order valence-electron chi connectivity index (χ4n) is 4.86.